The van der Waals surface area contributed by atoms with Gasteiger partial charge in [-0.05, 0) is 47.0 Å². The monoisotopic (exact) mass is 394 g/mol. The Morgan fingerprint density at radius 1 is 1.00 bits per heavy atom. The molecule has 0 bridgehead atoms. The van der Waals surface area contributed by atoms with Gasteiger partial charge in [0.2, 0.25) is 5.91 Å². The van der Waals surface area contributed by atoms with Crippen LogP contribution >= 0.6 is 0 Å². The molecule has 7 nitrogen and oxygen atoms in total. The Hall–Kier alpha value is -1.63. The van der Waals surface area contributed by atoms with Crippen molar-refractivity contribution in [3.63, 3.8) is 0 Å². The van der Waals surface area contributed by atoms with Crippen molar-refractivity contribution in [3.8, 4) is 0 Å². The van der Waals surface area contributed by atoms with Crippen LogP contribution in [0.15, 0.2) is 0 Å². The zero-order chi connectivity index (χ0) is 21.2. The summed E-state index contributed by atoms with van der Waals surface area (Å²) in [5.41, 5.74) is 1.06. The molecule has 7 heteroatoms. The lowest BCUT2D eigenvalue weighted by Crippen LogP contribution is -2.73. The molecule has 2 saturated heterocycles. The van der Waals surface area contributed by atoms with Crippen LogP contribution < -0.4 is 10.7 Å². The Morgan fingerprint density at radius 2 is 1.54 bits per heavy atom. The SMILES string of the molecule is CCCCCCCCN1C(=O)NC2(CC(C)(C)N(NC(C)=O)C(C)(C)C2)C1=O. The summed E-state index contributed by atoms with van der Waals surface area (Å²) in [6.45, 7) is 12.2. The van der Waals surface area contributed by atoms with Gasteiger partial charge in [-0.15, -0.1) is 0 Å². The summed E-state index contributed by atoms with van der Waals surface area (Å²) in [6, 6.07) is -0.280. The van der Waals surface area contributed by atoms with E-state index in [1.54, 1.807) is 0 Å². The average Bonchev–Trinajstić information content (AvgIpc) is 2.76. The van der Waals surface area contributed by atoms with Crippen LogP contribution in [0.25, 0.3) is 0 Å². The largest absolute Gasteiger partial charge is 0.325 e. The molecule has 2 rings (SSSR count). The van der Waals surface area contributed by atoms with Crippen LogP contribution in [0, 0.1) is 0 Å². The fraction of sp³-hybridized carbons (Fsp3) is 0.857. The molecule has 2 heterocycles. The first-order valence-corrected chi connectivity index (χ1v) is 10.7. The molecule has 2 N–H and O–H groups in total. The van der Waals surface area contributed by atoms with E-state index in [0.717, 1.165) is 19.3 Å². The van der Waals surface area contributed by atoms with Gasteiger partial charge in [0.25, 0.3) is 5.91 Å². The lowest BCUT2D eigenvalue weighted by molar-refractivity contribution is -0.152. The Kier molecular flexibility index (Phi) is 6.79. The molecule has 2 fully saturated rings. The minimum atomic E-state index is -0.902. The van der Waals surface area contributed by atoms with Crippen molar-refractivity contribution in [3.05, 3.63) is 0 Å². The molecule has 4 amide bonds. The molecule has 2 aliphatic heterocycles. The first-order chi connectivity index (χ1) is 12.9. The second-order valence-corrected chi connectivity index (χ2v) is 9.72. The minimum Gasteiger partial charge on any atom is -0.323 e. The van der Waals surface area contributed by atoms with Crippen molar-refractivity contribution < 1.29 is 14.4 Å². The van der Waals surface area contributed by atoms with Gasteiger partial charge >= 0.3 is 6.03 Å². The number of carbonyl (C=O) groups excluding carboxylic acids is 3. The highest BCUT2D eigenvalue weighted by molar-refractivity contribution is 6.07. The molecule has 0 atom stereocenters. The average molecular weight is 395 g/mol. The lowest BCUT2D eigenvalue weighted by Gasteiger charge is -2.57. The highest BCUT2D eigenvalue weighted by Crippen LogP contribution is 2.44. The molecule has 2 aliphatic rings. The van der Waals surface area contributed by atoms with Crippen LogP contribution in [-0.4, -0.2) is 50.9 Å². The van der Waals surface area contributed by atoms with Gasteiger partial charge in [0.1, 0.15) is 5.54 Å². The number of hydrogen-bond acceptors (Lipinski definition) is 4. The third-order valence-electron chi connectivity index (χ3n) is 5.93. The number of hydrazine groups is 1. The number of unbranched alkanes of at least 4 members (excludes halogenated alkanes) is 5. The van der Waals surface area contributed by atoms with Crippen molar-refractivity contribution in [1.29, 1.82) is 0 Å². The standard InChI is InChI=1S/C21H38N4O3/c1-7-8-9-10-11-12-13-24-17(27)21(22-18(24)28)14-19(3,4)25(23-16(2)26)20(5,6)15-21/h7-15H2,1-6H3,(H,22,28)(H,23,26). The van der Waals surface area contributed by atoms with E-state index in [-0.39, 0.29) is 17.8 Å². The van der Waals surface area contributed by atoms with Gasteiger partial charge in [0.05, 0.1) is 0 Å². The zero-order valence-electron chi connectivity index (χ0n) is 18.5. The molecule has 0 aromatic rings. The van der Waals surface area contributed by atoms with E-state index in [1.807, 2.05) is 32.7 Å². The third-order valence-corrected chi connectivity index (χ3v) is 5.93. The van der Waals surface area contributed by atoms with E-state index in [1.165, 1.54) is 31.1 Å². The summed E-state index contributed by atoms with van der Waals surface area (Å²) in [5, 5.41) is 4.95. The highest BCUT2D eigenvalue weighted by Gasteiger charge is 2.61. The molecule has 0 aromatic carbocycles. The third kappa shape index (κ3) is 4.67. The molecule has 0 unspecified atom stereocenters. The maximum atomic E-state index is 13.3. The van der Waals surface area contributed by atoms with E-state index in [9.17, 15) is 14.4 Å². The fourth-order valence-corrected chi connectivity index (χ4v) is 5.15. The zero-order valence-corrected chi connectivity index (χ0v) is 18.5. The molecule has 1 spiro atoms. The smallest absolute Gasteiger partial charge is 0.323 e. The summed E-state index contributed by atoms with van der Waals surface area (Å²) < 4.78 is 0. The molecule has 28 heavy (non-hydrogen) atoms. The topological polar surface area (TPSA) is 81.8 Å². The summed E-state index contributed by atoms with van der Waals surface area (Å²) >= 11 is 0. The number of nitrogens with one attached hydrogen (secondary N) is 2. The molecule has 0 aromatic heterocycles. The van der Waals surface area contributed by atoms with Gasteiger partial charge in [-0.3, -0.25) is 19.9 Å². The molecule has 0 saturated carbocycles. The number of hydrogen-bond donors (Lipinski definition) is 2. The van der Waals surface area contributed by atoms with E-state index in [0.29, 0.717) is 19.4 Å². The highest BCUT2D eigenvalue weighted by atomic mass is 16.2. The molecule has 160 valence electrons. The number of urea groups is 1. The summed E-state index contributed by atoms with van der Waals surface area (Å²) in [5.74, 6) is -0.252. The fourth-order valence-electron chi connectivity index (χ4n) is 5.15. The van der Waals surface area contributed by atoms with Crippen molar-refractivity contribution >= 4 is 17.8 Å². The first-order valence-electron chi connectivity index (χ1n) is 10.7. The van der Waals surface area contributed by atoms with Gasteiger partial charge in [0.15, 0.2) is 0 Å². The van der Waals surface area contributed by atoms with Gasteiger partial charge in [0, 0.05) is 24.5 Å². The van der Waals surface area contributed by atoms with Crippen molar-refractivity contribution in [2.45, 2.75) is 110 Å². The minimum absolute atomic E-state index is 0.116. The van der Waals surface area contributed by atoms with E-state index >= 15 is 0 Å². The predicted molar refractivity (Wildman–Crippen MR) is 109 cm³/mol. The van der Waals surface area contributed by atoms with Gasteiger partial charge < -0.3 is 5.32 Å². The molecule has 0 radical (unpaired) electrons. The number of amides is 4. The van der Waals surface area contributed by atoms with Crippen LogP contribution in [0.2, 0.25) is 0 Å². The summed E-state index contributed by atoms with van der Waals surface area (Å²) in [6.07, 6.45) is 7.61. The van der Waals surface area contributed by atoms with Crippen molar-refractivity contribution in [1.82, 2.24) is 20.7 Å². The number of nitrogens with zero attached hydrogens (tertiary/aromatic N) is 2. The first kappa shape index (κ1) is 22.7. The molecule has 0 aliphatic carbocycles. The van der Waals surface area contributed by atoms with Crippen molar-refractivity contribution in [2.24, 2.45) is 0 Å². The second-order valence-electron chi connectivity index (χ2n) is 9.72. The Morgan fingerprint density at radius 3 is 2.07 bits per heavy atom. The van der Waals surface area contributed by atoms with Crippen LogP contribution in [0.3, 0.4) is 0 Å². The molecular weight excluding hydrogens is 356 g/mol. The van der Waals surface area contributed by atoms with Crippen LogP contribution in [-0.2, 0) is 9.59 Å². The van der Waals surface area contributed by atoms with E-state index < -0.39 is 16.6 Å². The van der Waals surface area contributed by atoms with Gasteiger partial charge in [-0.25, -0.2) is 9.80 Å². The maximum Gasteiger partial charge on any atom is 0.325 e. The van der Waals surface area contributed by atoms with Crippen LogP contribution in [0.5, 0.6) is 0 Å². The van der Waals surface area contributed by atoms with Gasteiger partial charge in [-0.2, -0.15) is 0 Å². The predicted octanol–water partition coefficient (Wildman–Crippen LogP) is 3.34. The number of carbonyl (C=O) groups is 3. The molecular formula is C21H38N4O3. The maximum absolute atomic E-state index is 13.3. The summed E-state index contributed by atoms with van der Waals surface area (Å²) in [4.78, 5) is 39.0. The summed E-state index contributed by atoms with van der Waals surface area (Å²) in [7, 11) is 0. The Bertz CT molecular complexity index is 597. The van der Waals surface area contributed by atoms with Crippen molar-refractivity contribution in [2.75, 3.05) is 6.54 Å². The Labute approximate surface area is 169 Å². The normalized spacial score (nSPS) is 23.1. The Balaban J connectivity index is 2.09. The number of imide groups is 1. The number of rotatable bonds is 8. The van der Waals surface area contributed by atoms with E-state index in [2.05, 4.69) is 17.7 Å². The van der Waals surface area contributed by atoms with Crippen LogP contribution in [0.1, 0.15) is 92.9 Å². The quantitative estimate of drug-likeness (QED) is 0.489. The van der Waals surface area contributed by atoms with E-state index in [4.69, 9.17) is 0 Å². The van der Waals surface area contributed by atoms with Gasteiger partial charge in [-0.1, -0.05) is 39.0 Å². The number of piperidine rings is 1. The second kappa shape index (κ2) is 8.39. The lowest BCUT2D eigenvalue weighted by atomic mass is 9.70. The van der Waals surface area contributed by atoms with Crippen LogP contribution in [0.4, 0.5) is 4.79 Å².